The summed E-state index contributed by atoms with van der Waals surface area (Å²) in [7, 11) is 0. The normalized spacial score (nSPS) is 16.1. The average Bonchev–Trinajstić information content (AvgIpc) is 3.11. The van der Waals surface area contributed by atoms with Crippen molar-refractivity contribution in [3.05, 3.63) is 56.2 Å². The molecule has 0 bridgehead atoms. The number of aromatic hydroxyl groups is 1. The molecule has 3 N–H and O–H groups in total. The second-order valence-corrected chi connectivity index (χ2v) is 6.38. The molecule has 0 saturated heterocycles. The van der Waals surface area contributed by atoms with Gasteiger partial charge >= 0.3 is 5.69 Å². The Kier molecular flexibility index (Phi) is 5.63. The van der Waals surface area contributed by atoms with Gasteiger partial charge < -0.3 is 15.3 Å². The van der Waals surface area contributed by atoms with E-state index < -0.39 is 11.2 Å². The van der Waals surface area contributed by atoms with Gasteiger partial charge in [-0.3, -0.25) is 14.3 Å². The summed E-state index contributed by atoms with van der Waals surface area (Å²) >= 11 is 0. The predicted molar refractivity (Wildman–Crippen MR) is 103 cm³/mol. The monoisotopic (exact) mass is 372 g/mol. The lowest BCUT2D eigenvalue weighted by molar-refractivity contribution is 0.332. The van der Waals surface area contributed by atoms with E-state index in [0.717, 1.165) is 17.7 Å². The average molecular weight is 372 g/mol. The number of hydrazone groups is 1. The molecule has 8 nitrogen and oxygen atoms in total. The zero-order valence-corrected chi connectivity index (χ0v) is 15.5. The molecule has 144 valence electrons. The van der Waals surface area contributed by atoms with Crippen molar-refractivity contribution in [1.29, 1.82) is 0 Å². The van der Waals surface area contributed by atoms with Gasteiger partial charge in [-0.2, -0.15) is 5.10 Å². The van der Waals surface area contributed by atoms with E-state index in [1.165, 1.54) is 4.57 Å². The SMILES string of the molecule is CCCCn1c(O)c(C2=NNC(c3ccccc3OCC)C2)c(=O)[nH]c1=O. The Morgan fingerprint density at radius 3 is 2.81 bits per heavy atom. The molecule has 0 spiro atoms. The minimum Gasteiger partial charge on any atom is -0.494 e. The van der Waals surface area contributed by atoms with Gasteiger partial charge in [0.2, 0.25) is 5.88 Å². The summed E-state index contributed by atoms with van der Waals surface area (Å²) in [4.78, 5) is 26.6. The number of hydrogen-bond acceptors (Lipinski definition) is 6. The van der Waals surface area contributed by atoms with E-state index in [4.69, 9.17) is 4.74 Å². The van der Waals surface area contributed by atoms with Gasteiger partial charge in [-0.15, -0.1) is 0 Å². The molecule has 1 atom stereocenters. The van der Waals surface area contributed by atoms with Crippen LogP contribution < -0.4 is 21.4 Å². The molecule has 0 saturated carbocycles. The van der Waals surface area contributed by atoms with Crippen molar-refractivity contribution in [2.75, 3.05) is 6.61 Å². The summed E-state index contributed by atoms with van der Waals surface area (Å²) in [6.07, 6.45) is 1.97. The summed E-state index contributed by atoms with van der Waals surface area (Å²) < 4.78 is 6.85. The summed E-state index contributed by atoms with van der Waals surface area (Å²) in [6.45, 7) is 4.78. The van der Waals surface area contributed by atoms with Crippen LogP contribution >= 0.6 is 0 Å². The smallest absolute Gasteiger partial charge is 0.331 e. The molecule has 0 amide bonds. The van der Waals surface area contributed by atoms with E-state index in [9.17, 15) is 14.7 Å². The fourth-order valence-electron chi connectivity index (χ4n) is 3.18. The topological polar surface area (TPSA) is 109 Å². The lowest BCUT2D eigenvalue weighted by atomic mass is 9.99. The third-order valence-electron chi connectivity index (χ3n) is 4.54. The fourth-order valence-corrected chi connectivity index (χ4v) is 3.18. The molecule has 1 aromatic carbocycles. The number of benzene rings is 1. The number of unbranched alkanes of at least 4 members (excludes halogenated alkanes) is 1. The first-order chi connectivity index (χ1) is 13.1. The van der Waals surface area contributed by atoms with Crippen LogP contribution in [0.4, 0.5) is 0 Å². The van der Waals surface area contributed by atoms with Gasteiger partial charge in [-0.1, -0.05) is 31.5 Å². The maximum Gasteiger partial charge on any atom is 0.331 e. The van der Waals surface area contributed by atoms with Gasteiger partial charge in [0.15, 0.2) is 0 Å². The molecule has 2 heterocycles. The van der Waals surface area contributed by atoms with Crippen LogP contribution in [-0.2, 0) is 6.54 Å². The number of nitrogens with one attached hydrogen (secondary N) is 2. The largest absolute Gasteiger partial charge is 0.494 e. The Bertz CT molecular complexity index is 961. The van der Waals surface area contributed by atoms with E-state index >= 15 is 0 Å². The highest BCUT2D eigenvalue weighted by Gasteiger charge is 2.28. The number of aromatic nitrogens is 2. The molecule has 0 aliphatic carbocycles. The number of para-hydroxylation sites is 1. The van der Waals surface area contributed by atoms with Gasteiger partial charge in [-0.05, 0) is 19.4 Å². The van der Waals surface area contributed by atoms with Crippen LogP contribution in [0.5, 0.6) is 11.6 Å². The molecule has 1 aliphatic heterocycles. The van der Waals surface area contributed by atoms with Crippen LogP contribution in [0.25, 0.3) is 0 Å². The number of nitrogens with zero attached hydrogens (tertiary/aromatic N) is 2. The van der Waals surface area contributed by atoms with Gasteiger partial charge in [0.05, 0.1) is 18.4 Å². The zero-order chi connectivity index (χ0) is 19.4. The van der Waals surface area contributed by atoms with Crippen LogP contribution in [0, 0.1) is 0 Å². The fraction of sp³-hybridized carbons (Fsp3) is 0.421. The Morgan fingerprint density at radius 2 is 2.07 bits per heavy atom. The first kappa shape index (κ1) is 18.8. The molecule has 2 aromatic rings. The van der Waals surface area contributed by atoms with Gasteiger partial charge in [0.25, 0.3) is 5.56 Å². The van der Waals surface area contributed by atoms with Crippen LogP contribution in [0.1, 0.15) is 50.3 Å². The van der Waals surface area contributed by atoms with E-state index in [-0.39, 0.29) is 17.5 Å². The Morgan fingerprint density at radius 1 is 1.30 bits per heavy atom. The molecule has 1 aliphatic rings. The number of rotatable bonds is 7. The summed E-state index contributed by atoms with van der Waals surface area (Å²) in [5, 5.41) is 14.8. The molecule has 0 radical (unpaired) electrons. The zero-order valence-electron chi connectivity index (χ0n) is 15.5. The highest BCUT2D eigenvalue weighted by Crippen LogP contribution is 2.31. The summed E-state index contributed by atoms with van der Waals surface area (Å²) in [6, 6.07) is 7.44. The highest BCUT2D eigenvalue weighted by molar-refractivity contribution is 6.03. The number of aromatic amines is 1. The van der Waals surface area contributed by atoms with E-state index in [2.05, 4.69) is 15.5 Å². The van der Waals surface area contributed by atoms with Crippen molar-refractivity contribution in [3.8, 4) is 11.6 Å². The van der Waals surface area contributed by atoms with Crippen molar-refractivity contribution < 1.29 is 9.84 Å². The number of hydrogen-bond donors (Lipinski definition) is 3. The van der Waals surface area contributed by atoms with Crippen LogP contribution in [0.2, 0.25) is 0 Å². The van der Waals surface area contributed by atoms with Crippen molar-refractivity contribution >= 4 is 5.71 Å². The molecule has 3 rings (SSSR count). The Hall–Kier alpha value is -3.03. The Labute approximate surface area is 156 Å². The van der Waals surface area contributed by atoms with E-state index in [1.54, 1.807) is 0 Å². The van der Waals surface area contributed by atoms with Crippen molar-refractivity contribution in [1.82, 2.24) is 15.0 Å². The minimum absolute atomic E-state index is 0.0367. The first-order valence-corrected chi connectivity index (χ1v) is 9.17. The molecule has 1 unspecified atom stereocenters. The quantitative estimate of drug-likeness (QED) is 0.688. The van der Waals surface area contributed by atoms with E-state index in [1.807, 2.05) is 38.1 Å². The summed E-state index contributed by atoms with van der Waals surface area (Å²) in [5.41, 5.74) is 3.14. The van der Waals surface area contributed by atoms with Crippen LogP contribution in [0.15, 0.2) is 39.0 Å². The molecular formula is C19H24N4O4. The van der Waals surface area contributed by atoms with Gasteiger partial charge in [-0.25, -0.2) is 4.79 Å². The van der Waals surface area contributed by atoms with Crippen molar-refractivity contribution in [2.24, 2.45) is 5.10 Å². The van der Waals surface area contributed by atoms with Gasteiger partial charge in [0, 0.05) is 18.5 Å². The minimum atomic E-state index is -0.635. The highest BCUT2D eigenvalue weighted by atomic mass is 16.5. The molecule has 8 heteroatoms. The lowest BCUT2D eigenvalue weighted by Crippen LogP contribution is -2.33. The van der Waals surface area contributed by atoms with Crippen LogP contribution in [-0.4, -0.2) is 27.0 Å². The van der Waals surface area contributed by atoms with E-state index in [0.29, 0.717) is 31.7 Å². The maximum atomic E-state index is 12.3. The molecule has 1 aromatic heterocycles. The van der Waals surface area contributed by atoms with Crippen molar-refractivity contribution in [3.63, 3.8) is 0 Å². The maximum absolute atomic E-state index is 12.3. The first-order valence-electron chi connectivity index (χ1n) is 9.17. The third kappa shape index (κ3) is 3.74. The number of H-pyrrole nitrogens is 1. The second-order valence-electron chi connectivity index (χ2n) is 6.38. The second kappa shape index (κ2) is 8.11. The molecule has 0 fully saturated rings. The third-order valence-corrected chi connectivity index (χ3v) is 4.54. The van der Waals surface area contributed by atoms with Crippen molar-refractivity contribution in [2.45, 2.75) is 45.7 Å². The standard InChI is InChI=1S/C19H24N4O4/c1-3-5-10-23-18(25)16(17(24)20-19(23)26)14-11-13(21-22-14)12-8-6-7-9-15(12)27-4-2/h6-9,13,21,25H,3-5,10-11H2,1-2H3,(H,20,24,26). The number of ether oxygens (including phenoxy) is 1. The summed E-state index contributed by atoms with van der Waals surface area (Å²) in [5.74, 6) is 0.413. The molecule has 27 heavy (non-hydrogen) atoms. The van der Waals surface area contributed by atoms with Gasteiger partial charge in [0.1, 0.15) is 11.3 Å². The lowest BCUT2D eigenvalue weighted by Gasteiger charge is -2.15. The molecular weight excluding hydrogens is 348 g/mol. The predicted octanol–water partition coefficient (Wildman–Crippen LogP) is 1.88. The Balaban J connectivity index is 1.92. The van der Waals surface area contributed by atoms with Crippen LogP contribution in [0.3, 0.4) is 0 Å².